The summed E-state index contributed by atoms with van der Waals surface area (Å²) in [6.45, 7) is 3.79. The van der Waals surface area contributed by atoms with Crippen LogP contribution in [0.2, 0.25) is 0 Å². The number of hydrazone groups is 1. The maximum absolute atomic E-state index is 13.4. The number of nitrogens with zero attached hydrogens (tertiary/aromatic N) is 4. The fourth-order valence-electron chi connectivity index (χ4n) is 4.34. The van der Waals surface area contributed by atoms with Crippen LogP contribution in [0.1, 0.15) is 18.1 Å². The molecule has 0 aliphatic carbocycles. The van der Waals surface area contributed by atoms with E-state index in [1.807, 2.05) is 79.7 Å². The Morgan fingerprint density at radius 2 is 1.57 bits per heavy atom. The zero-order chi connectivity index (χ0) is 25.5. The first kappa shape index (κ1) is 22.4. The van der Waals surface area contributed by atoms with Crippen molar-refractivity contribution < 1.29 is 9.21 Å². The largest absolute Gasteiger partial charge is 0.422 e. The van der Waals surface area contributed by atoms with Gasteiger partial charge in [-0.1, -0.05) is 54.1 Å². The third-order valence-corrected chi connectivity index (χ3v) is 6.30. The molecule has 1 aliphatic heterocycles. The minimum atomic E-state index is -0.499. The van der Waals surface area contributed by atoms with Gasteiger partial charge in [-0.15, -0.1) is 0 Å². The number of fused-ring (bicyclic) bond motifs is 1. The normalized spacial score (nSPS) is 14.5. The fourth-order valence-corrected chi connectivity index (χ4v) is 4.34. The zero-order valence-corrected chi connectivity index (χ0v) is 20.3. The van der Waals surface area contributed by atoms with Crippen LogP contribution in [0.25, 0.3) is 34.0 Å². The lowest BCUT2D eigenvalue weighted by molar-refractivity contribution is -0.114. The summed E-state index contributed by atoms with van der Waals surface area (Å²) < 4.78 is 7.28. The van der Waals surface area contributed by atoms with Crippen LogP contribution in [0.3, 0.4) is 0 Å². The quantitative estimate of drug-likeness (QED) is 0.239. The van der Waals surface area contributed by atoms with Crippen LogP contribution < -0.4 is 10.6 Å². The highest BCUT2D eigenvalue weighted by molar-refractivity contribution is 6.32. The molecule has 1 amide bonds. The number of hydrogen-bond donors (Lipinski definition) is 0. The third kappa shape index (κ3) is 4.06. The van der Waals surface area contributed by atoms with Crippen molar-refractivity contribution >= 4 is 34.4 Å². The van der Waals surface area contributed by atoms with Crippen molar-refractivity contribution in [3.63, 3.8) is 0 Å². The van der Waals surface area contributed by atoms with Gasteiger partial charge in [0.1, 0.15) is 11.3 Å². The van der Waals surface area contributed by atoms with Crippen LogP contribution in [0.15, 0.2) is 111 Å². The summed E-state index contributed by atoms with van der Waals surface area (Å²) >= 11 is 0. The second kappa shape index (κ2) is 8.87. The van der Waals surface area contributed by atoms with E-state index < -0.39 is 5.63 Å². The Kier molecular flexibility index (Phi) is 5.38. The minimum Gasteiger partial charge on any atom is -0.422 e. The lowest BCUT2D eigenvalue weighted by Gasteiger charge is -2.11. The molecule has 0 spiro atoms. The van der Waals surface area contributed by atoms with Crippen LogP contribution in [-0.2, 0) is 4.79 Å². The van der Waals surface area contributed by atoms with Gasteiger partial charge in [-0.2, -0.15) is 15.2 Å². The molecule has 2 aromatic heterocycles. The Morgan fingerprint density at radius 1 is 0.838 bits per heavy atom. The molecule has 0 atom stereocenters. The number of hydrogen-bond acceptors (Lipinski definition) is 5. The molecule has 7 nitrogen and oxygen atoms in total. The lowest BCUT2D eigenvalue weighted by Crippen LogP contribution is -2.21. The monoisotopic (exact) mass is 486 g/mol. The van der Waals surface area contributed by atoms with E-state index in [1.165, 1.54) is 5.01 Å². The number of aryl methyl sites for hydroxylation is 1. The topological polar surface area (TPSA) is 80.7 Å². The van der Waals surface area contributed by atoms with Gasteiger partial charge in [0.15, 0.2) is 0 Å². The van der Waals surface area contributed by atoms with Crippen molar-refractivity contribution in [2.45, 2.75) is 13.8 Å². The standard InChI is InChI=1S/C30H22N4O3/c1-19-12-14-24(15-13-19)34-29(35)25(20(2)31-34)17-22-18-33(23-9-4-3-5-10-23)32-28(22)26-16-21-8-6-7-11-27(21)37-30(26)36/h3-18H,1-2H3/b25-17+. The van der Waals surface area contributed by atoms with E-state index in [1.54, 1.807) is 36.0 Å². The van der Waals surface area contributed by atoms with E-state index >= 15 is 0 Å². The fraction of sp³-hybridized carbons (Fsp3) is 0.0667. The molecule has 0 N–H and O–H groups in total. The number of carbonyl (C=O) groups is 1. The number of para-hydroxylation sites is 2. The van der Waals surface area contributed by atoms with Crippen molar-refractivity contribution in [3.8, 4) is 16.9 Å². The summed E-state index contributed by atoms with van der Waals surface area (Å²) in [6, 6.07) is 26.3. The highest BCUT2D eigenvalue weighted by atomic mass is 16.4. The Morgan fingerprint density at radius 3 is 2.35 bits per heavy atom. The van der Waals surface area contributed by atoms with Crippen molar-refractivity contribution in [2.75, 3.05) is 5.01 Å². The van der Waals surface area contributed by atoms with Gasteiger partial charge < -0.3 is 4.42 Å². The number of aromatic nitrogens is 2. The summed E-state index contributed by atoms with van der Waals surface area (Å²) in [5.74, 6) is -0.245. The molecule has 0 fully saturated rings. The van der Waals surface area contributed by atoms with Gasteiger partial charge in [-0.25, -0.2) is 9.48 Å². The third-order valence-electron chi connectivity index (χ3n) is 6.30. The predicted octanol–water partition coefficient (Wildman–Crippen LogP) is 5.76. The summed E-state index contributed by atoms with van der Waals surface area (Å²) in [5.41, 5.74) is 4.96. The maximum Gasteiger partial charge on any atom is 0.345 e. The number of benzene rings is 3. The Balaban J connectivity index is 1.50. The average molecular weight is 487 g/mol. The number of carbonyl (C=O) groups excluding carboxylic acids is 1. The summed E-state index contributed by atoms with van der Waals surface area (Å²) in [5, 5.41) is 11.4. The van der Waals surface area contributed by atoms with Gasteiger partial charge in [-0.05, 0) is 56.3 Å². The molecule has 0 saturated carbocycles. The van der Waals surface area contributed by atoms with Crippen molar-refractivity contribution in [1.82, 2.24) is 9.78 Å². The van der Waals surface area contributed by atoms with Crippen molar-refractivity contribution in [1.29, 1.82) is 0 Å². The molecular formula is C30H22N4O3. The molecule has 6 rings (SSSR count). The molecule has 1 aliphatic rings. The highest BCUT2D eigenvalue weighted by Gasteiger charge is 2.29. The number of anilines is 1. The van der Waals surface area contributed by atoms with Gasteiger partial charge in [0, 0.05) is 17.1 Å². The van der Waals surface area contributed by atoms with Gasteiger partial charge in [0.2, 0.25) is 0 Å². The molecular weight excluding hydrogens is 464 g/mol. The van der Waals surface area contributed by atoms with Gasteiger partial charge in [0.25, 0.3) is 5.91 Å². The van der Waals surface area contributed by atoms with E-state index in [0.717, 1.165) is 16.6 Å². The Bertz CT molecular complexity index is 1780. The molecule has 3 aromatic carbocycles. The summed E-state index contributed by atoms with van der Waals surface area (Å²) in [6.07, 6.45) is 3.55. The van der Waals surface area contributed by atoms with E-state index in [0.29, 0.717) is 39.4 Å². The molecule has 0 radical (unpaired) electrons. The molecule has 7 heteroatoms. The predicted molar refractivity (Wildman–Crippen MR) is 145 cm³/mol. The molecule has 5 aromatic rings. The smallest absolute Gasteiger partial charge is 0.345 e. The average Bonchev–Trinajstić information content (AvgIpc) is 3.46. The second-order valence-electron chi connectivity index (χ2n) is 8.89. The van der Waals surface area contributed by atoms with Crippen molar-refractivity contribution in [3.05, 3.63) is 118 Å². The van der Waals surface area contributed by atoms with Gasteiger partial charge in [0.05, 0.1) is 28.2 Å². The molecule has 0 bridgehead atoms. The van der Waals surface area contributed by atoms with Crippen LogP contribution in [0.4, 0.5) is 5.69 Å². The lowest BCUT2D eigenvalue weighted by atomic mass is 10.0. The molecule has 0 unspecified atom stereocenters. The first-order valence-corrected chi connectivity index (χ1v) is 11.8. The molecule has 3 heterocycles. The molecule has 0 saturated heterocycles. The molecule has 37 heavy (non-hydrogen) atoms. The van der Waals surface area contributed by atoms with Crippen LogP contribution in [0, 0.1) is 6.92 Å². The van der Waals surface area contributed by atoms with E-state index in [-0.39, 0.29) is 5.91 Å². The van der Waals surface area contributed by atoms with E-state index in [2.05, 4.69) is 5.10 Å². The first-order chi connectivity index (χ1) is 18.0. The van der Waals surface area contributed by atoms with Crippen molar-refractivity contribution in [2.24, 2.45) is 5.10 Å². The van der Waals surface area contributed by atoms with E-state index in [4.69, 9.17) is 9.52 Å². The van der Waals surface area contributed by atoms with Gasteiger partial charge >= 0.3 is 5.63 Å². The Labute approximate surface area is 212 Å². The molecule has 180 valence electrons. The van der Waals surface area contributed by atoms with Gasteiger partial charge in [-0.3, -0.25) is 4.79 Å². The Hall–Kier alpha value is -5.04. The van der Waals surface area contributed by atoms with Crippen LogP contribution in [0.5, 0.6) is 0 Å². The number of rotatable bonds is 4. The zero-order valence-electron chi connectivity index (χ0n) is 20.3. The summed E-state index contributed by atoms with van der Waals surface area (Å²) in [4.78, 5) is 26.4. The SMILES string of the molecule is CC1=NN(c2ccc(C)cc2)C(=O)/C1=C/c1cn(-c2ccccc2)nc1-c1cc2ccccc2oc1=O. The minimum absolute atomic E-state index is 0.245. The summed E-state index contributed by atoms with van der Waals surface area (Å²) in [7, 11) is 0. The van der Waals surface area contributed by atoms with E-state index in [9.17, 15) is 9.59 Å². The first-order valence-electron chi connectivity index (χ1n) is 11.8. The number of amides is 1. The second-order valence-corrected chi connectivity index (χ2v) is 8.89. The van der Waals surface area contributed by atoms with Crippen LogP contribution >= 0.6 is 0 Å². The highest BCUT2D eigenvalue weighted by Crippen LogP contribution is 2.29. The van der Waals surface area contributed by atoms with Crippen LogP contribution in [-0.4, -0.2) is 21.4 Å². The maximum atomic E-state index is 13.4.